The van der Waals surface area contributed by atoms with Crippen molar-refractivity contribution in [2.75, 3.05) is 0 Å². The highest BCUT2D eigenvalue weighted by molar-refractivity contribution is 6.03. The van der Waals surface area contributed by atoms with Gasteiger partial charge in [0.05, 0.1) is 16.8 Å². The molecule has 0 unspecified atom stereocenters. The van der Waals surface area contributed by atoms with Gasteiger partial charge in [-0.2, -0.15) is 0 Å². The van der Waals surface area contributed by atoms with Crippen molar-refractivity contribution in [1.82, 2.24) is 9.97 Å². The van der Waals surface area contributed by atoms with E-state index in [1.807, 2.05) is 49.4 Å². The Hall–Kier alpha value is -2.75. The molecular formula is C17H14N2O2. The number of rotatable bonds is 3. The van der Waals surface area contributed by atoms with Crippen LogP contribution in [0.2, 0.25) is 0 Å². The Kier molecular flexibility index (Phi) is 3.60. The summed E-state index contributed by atoms with van der Waals surface area (Å²) < 4.78 is 5.35. The van der Waals surface area contributed by atoms with E-state index in [1.165, 1.54) is 0 Å². The molecule has 1 aromatic carbocycles. The molecule has 4 nitrogen and oxygen atoms in total. The van der Waals surface area contributed by atoms with E-state index < -0.39 is 0 Å². The van der Waals surface area contributed by atoms with Crippen LogP contribution in [-0.2, 0) is 11.3 Å². The Labute approximate surface area is 122 Å². The summed E-state index contributed by atoms with van der Waals surface area (Å²) in [6, 6.07) is 14.8. The zero-order valence-corrected chi connectivity index (χ0v) is 11.6. The summed E-state index contributed by atoms with van der Waals surface area (Å²) in [5.41, 5.74) is 2.84. The third-order valence-electron chi connectivity index (χ3n) is 3.14. The van der Waals surface area contributed by atoms with Crippen molar-refractivity contribution < 1.29 is 9.53 Å². The van der Waals surface area contributed by atoms with Gasteiger partial charge in [0, 0.05) is 17.3 Å². The van der Waals surface area contributed by atoms with Crippen LogP contribution in [0.15, 0.2) is 54.7 Å². The molecule has 21 heavy (non-hydrogen) atoms. The first-order valence-corrected chi connectivity index (χ1v) is 6.67. The van der Waals surface area contributed by atoms with Gasteiger partial charge in [0.25, 0.3) is 0 Å². The van der Waals surface area contributed by atoms with E-state index in [9.17, 15) is 4.79 Å². The lowest BCUT2D eigenvalue weighted by molar-refractivity contribution is 0.0470. The lowest BCUT2D eigenvalue weighted by atomic mass is 10.1. The molecular weight excluding hydrogens is 264 g/mol. The molecule has 104 valence electrons. The fourth-order valence-corrected chi connectivity index (χ4v) is 2.18. The number of ether oxygens (including phenoxy) is 1. The van der Waals surface area contributed by atoms with E-state index in [4.69, 9.17) is 4.74 Å². The maximum absolute atomic E-state index is 12.3. The van der Waals surface area contributed by atoms with Crippen molar-refractivity contribution in [3.8, 4) is 0 Å². The average Bonchev–Trinajstić information content (AvgIpc) is 2.52. The van der Waals surface area contributed by atoms with Gasteiger partial charge < -0.3 is 4.74 Å². The highest BCUT2D eigenvalue weighted by atomic mass is 16.5. The van der Waals surface area contributed by atoms with Crippen LogP contribution >= 0.6 is 0 Å². The second-order valence-electron chi connectivity index (χ2n) is 4.73. The van der Waals surface area contributed by atoms with Crippen LogP contribution in [0.5, 0.6) is 0 Å². The second-order valence-corrected chi connectivity index (χ2v) is 4.73. The lowest BCUT2D eigenvalue weighted by Crippen LogP contribution is -2.07. The van der Waals surface area contributed by atoms with Crippen LogP contribution in [0.1, 0.15) is 21.7 Å². The zero-order valence-electron chi connectivity index (χ0n) is 11.6. The summed E-state index contributed by atoms with van der Waals surface area (Å²) >= 11 is 0. The fourth-order valence-electron chi connectivity index (χ4n) is 2.18. The van der Waals surface area contributed by atoms with Crippen LogP contribution in [0, 0.1) is 6.92 Å². The molecule has 0 aliphatic heterocycles. The van der Waals surface area contributed by atoms with E-state index in [0.29, 0.717) is 5.56 Å². The minimum atomic E-state index is -0.359. The van der Waals surface area contributed by atoms with Gasteiger partial charge in [0.2, 0.25) is 0 Å². The number of fused-ring (bicyclic) bond motifs is 1. The number of hydrogen-bond acceptors (Lipinski definition) is 4. The minimum Gasteiger partial charge on any atom is -0.456 e. The molecule has 0 amide bonds. The number of carbonyl (C=O) groups excluding carboxylic acids is 1. The van der Waals surface area contributed by atoms with Gasteiger partial charge in [0.15, 0.2) is 0 Å². The van der Waals surface area contributed by atoms with Gasteiger partial charge in [0.1, 0.15) is 6.61 Å². The standard InChI is InChI=1S/C17H14N2O2/c1-12-10-15(14-7-2-3-8-16(14)19-12)17(20)21-11-13-6-4-5-9-18-13/h2-10H,11H2,1H3. The van der Waals surface area contributed by atoms with Gasteiger partial charge in [-0.05, 0) is 31.2 Å². The number of aromatic nitrogens is 2. The third-order valence-corrected chi connectivity index (χ3v) is 3.14. The van der Waals surface area contributed by atoms with Crippen LogP contribution in [0.3, 0.4) is 0 Å². The molecule has 4 heteroatoms. The molecule has 0 N–H and O–H groups in total. The van der Waals surface area contributed by atoms with E-state index in [0.717, 1.165) is 22.3 Å². The van der Waals surface area contributed by atoms with Crippen molar-refractivity contribution in [1.29, 1.82) is 0 Å². The van der Waals surface area contributed by atoms with Crippen LogP contribution in [0.25, 0.3) is 10.9 Å². The van der Waals surface area contributed by atoms with E-state index in [-0.39, 0.29) is 12.6 Å². The van der Waals surface area contributed by atoms with E-state index in [2.05, 4.69) is 9.97 Å². The molecule has 0 atom stereocenters. The van der Waals surface area contributed by atoms with Crippen LogP contribution in [0.4, 0.5) is 0 Å². The Bertz CT molecular complexity index is 785. The predicted molar refractivity (Wildman–Crippen MR) is 79.8 cm³/mol. The zero-order chi connectivity index (χ0) is 14.7. The first kappa shape index (κ1) is 13.2. The van der Waals surface area contributed by atoms with Crippen molar-refractivity contribution >= 4 is 16.9 Å². The molecule has 0 saturated carbocycles. The number of nitrogens with zero attached hydrogens (tertiary/aromatic N) is 2. The van der Waals surface area contributed by atoms with Crippen molar-refractivity contribution in [2.24, 2.45) is 0 Å². The number of carbonyl (C=O) groups is 1. The van der Waals surface area contributed by atoms with Crippen LogP contribution < -0.4 is 0 Å². The summed E-state index contributed by atoms with van der Waals surface area (Å²) in [5.74, 6) is -0.359. The van der Waals surface area contributed by atoms with Gasteiger partial charge in [-0.3, -0.25) is 9.97 Å². The number of esters is 1. The first-order chi connectivity index (χ1) is 10.2. The summed E-state index contributed by atoms with van der Waals surface area (Å²) in [6.07, 6.45) is 1.68. The Balaban J connectivity index is 1.88. The average molecular weight is 278 g/mol. The number of aryl methyl sites for hydroxylation is 1. The third kappa shape index (κ3) is 2.89. The van der Waals surface area contributed by atoms with Gasteiger partial charge in [-0.25, -0.2) is 4.79 Å². The first-order valence-electron chi connectivity index (χ1n) is 6.67. The monoisotopic (exact) mass is 278 g/mol. The molecule has 0 bridgehead atoms. The highest BCUT2D eigenvalue weighted by Gasteiger charge is 2.13. The Morgan fingerprint density at radius 2 is 1.95 bits per heavy atom. The summed E-state index contributed by atoms with van der Waals surface area (Å²) in [5, 5.41) is 0.800. The lowest BCUT2D eigenvalue weighted by Gasteiger charge is -2.08. The maximum Gasteiger partial charge on any atom is 0.339 e. The molecule has 0 spiro atoms. The Morgan fingerprint density at radius 3 is 2.76 bits per heavy atom. The summed E-state index contributed by atoms with van der Waals surface area (Å²) in [6.45, 7) is 2.03. The summed E-state index contributed by atoms with van der Waals surface area (Å²) in [7, 11) is 0. The Morgan fingerprint density at radius 1 is 1.14 bits per heavy atom. The van der Waals surface area contributed by atoms with Crippen molar-refractivity contribution in [3.63, 3.8) is 0 Å². The number of hydrogen-bond donors (Lipinski definition) is 0. The molecule has 3 rings (SSSR count). The highest BCUT2D eigenvalue weighted by Crippen LogP contribution is 2.19. The molecule has 0 radical (unpaired) electrons. The quantitative estimate of drug-likeness (QED) is 0.690. The topological polar surface area (TPSA) is 52.1 Å². The van der Waals surface area contributed by atoms with E-state index in [1.54, 1.807) is 12.3 Å². The number of pyridine rings is 2. The SMILES string of the molecule is Cc1cc(C(=O)OCc2ccccn2)c2ccccc2n1. The second kappa shape index (κ2) is 5.71. The molecule has 0 saturated heterocycles. The van der Waals surface area contributed by atoms with Gasteiger partial charge in [-0.1, -0.05) is 24.3 Å². The van der Waals surface area contributed by atoms with E-state index >= 15 is 0 Å². The van der Waals surface area contributed by atoms with Gasteiger partial charge in [-0.15, -0.1) is 0 Å². The predicted octanol–water partition coefficient (Wildman–Crippen LogP) is 3.30. The molecule has 2 aromatic heterocycles. The number of benzene rings is 1. The van der Waals surface area contributed by atoms with Crippen molar-refractivity contribution in [3.05, 3.63) is 71.7 Å². The fraction of sp³-hybridized carbons (Fsp3) is 0.118. The largest absolute Gasteiger partial charge is 0.456 e. The molecule has 0 aliphatic rings. The molecule has 3 aromatic rings. The minimum absolute atomic E-state index is 0.162. The molecule has 0 aliphatic carbocycles. The van der Waals surface area contributed by atoms with Crippen LogP contribution in [-0.4, -0.2) is 15.9 Å². The summed E-state index contributed by atoms with van der Waals surface area (Å²) in [4.78, 5) is 20.9. The normalized spacial score (nSPS) is 10.5. The maximum atomic E-state index is 12.3. The van der Waals surface area contributed by atoms with Gasteiger partial charge >= 0.3 is 5.97 Å². The van der Waals surface area contributed by atoms with Crippen molar-refractivity contribution in [2.45, 2.75) is 13.5 Å². The number of para-hydroxylation sites is 1. The molecule has 0 fully saturated rings. The smallest absolute Gasteiger partial charge is 0.339 e. The molecule has 2 heterocycles.